The van der Waals surface area contributed by atoms with E-state index in [-0.39, 0.29) is 30.1 Å². The molecule has 0 unspecified atom stereocenters. The second kappa shape index (κ2) is 7.85. The molecule has 1 aromatic rings. The molecule has 1 aliphatic rings. The van der Waals surface area contributed by atoms with Crippen molar-refractivity contribution in [2.75, 3.05) is 26.7 Å². The highest BCUT2D eigenvalue weighted by Gasteiger charge is 2.31. The minimum absolute atomic E-state index is 0.143. The van der Waals surface area contributed by atoms with Gasteiger partial charge in [0.25, 0.3) is 0 Å². The van der Waals surface area contributed by atoms with Gasteiger partial charge in [0.05, 0.1) is 6.10 Å². The summed E-state index contributed by atoms with van der Waals surface area (Å²) in [6.45, 7) is 1.84. The Morgan fingerprint density at radius 1 is 1.42 bits per heavy atom. The van der Waals surface area contributed by atoms with E-state index in [4.69, 9.17) is 0 Å². The second-order valence-corrected chi connectivity index (χ2v) is 5.89. The first kappa shape index (κ1) is 18.5. The van der Waals surface area contributed by atoms with E-state index in [1.165, 1.54) is 12.1 Å². The number of likely N-dealkylation sites (tertiary alicyclic amines) is 1. The highest BCUT2D eigenvalue weighted by Crippen LogP contribution is 2.27. The number of hydrogen-bond acceptors (Lipinski definition) is 4. The van der Waals surface area contributed by atoms with Gasteiger partial charge in [-0.1, -0.05) is 12.1 Å². The number of carbonyl (C=O) groups excluding carboxylic acids is 1. The first-order chi connectivity index (χ1) is 11.3. The summed E-state index contributed by atoms with van der Waals surface area (Å²) in [6.07, 6.45) is -4.18. The van der Waals surface area contributed by atoms with Crippen molar-refractivity contribution in [2.45, 2.75) is 31.2 Å². The van der Waals surface area contributed by atoms with E-state index >= 15 is 0 Å². The van der Waals surface area contributed by atoms with Crippen molar-refractivity contribution in [3.05, 3.63) is 29.8 Å². The second-order valence-electron chi connectivity index (χ2n) is 5.89. The summed E-state index contributed by atoms with van der Waals surface area (Å²) in [6, 6.07) is 5.58. The maximum Gasteiger partial charge on any atom is 0.573 e. The van der Waals surface area contributed by atoms with E-state index in [1.54, 1.807) is 19.2 Å². The molecular formula is C16H21F3N2O3. The van der Waals surface area contributed by atoms with Crippen LogP contribution in [-0.2, 0) is 4.79 Å². The fourth-order valence-electron chi connectivity index (χ4n) is 2.85. The fraction of sp³-hybridized carbons (Fsp3) is 0.562. The van der Waals surface area contributed by atoms with Crippen LogP contribution in [0.15, 0.2) is 24.3 Å². The molecule has 0 saturated carbocycles. The number of hydrogen-bond donors (Lipinski definition) is 2. The molecule has 0 spiro atoms. The van der Waals surface area contributed by atoms with Gasteiger partial charge in [-0.05, 0) is 24.1 Å². The monoisotopic (exact) mass is 346 g/mol. The lowest BCUT2D eigenvalue weighted by molar-refractivity contribution is -0.274. The number of halogens is 3. The SMILES string of the molecule is CNC(=O)C[C@H](CN1CC[C@H](O)C1)c1ccc(OC(F)(F)F)cc1. The quantitative estimate of drug-likeness (QED) is 0.826. The molecular weight excluding hydrogens is 325 g/mol. The van der Waals surface area contributed by atoms with Gasteiger partial charge in [-0.25, -0.2) is 0 Å². The summed E-state index contributed by atoms with van der Waals surface area (Å²) in [5.74, 6) is -0.605. The summed E-state index contributed by atoms with van der Waals surface area (Å²) in [7, 11) is 1.54. The number of alkyl halides is 3. The Labute approximate surface area is 138 Å². The molecule has 1 fully saturated rings. The normalized spacial score (nSPS) is 20.0. The van der Waals surface area contributed by atoms with Crippen molar-refractivity contribution < 1.29 is 27.8 Å². The highest BCUT2D eigenvalue weighted by molar-refractivity contribution is 5.76. The zero-order chi connectivity index (χ0) is 17.7. The number of amides is 1. The number of aliphatic hydroxyl groups is 1. The zero-order valence-corrected chi connectivity index (χ0v) is 13.3. The Bertz CT molecular complexity index is 548. The van der Waals surface area contributed by atoms with Crippen LogP contribution in [0.5, 0.6) is 5.75 Å². The van der Waals surface area contributed by atoms with Gasteiger partial charge < -0.3 is 20.1 Å². The van der Waals surface area contributed by atoms with E-state index in [2.05, 4.69) is 15.0 Å². The molecule has 1 aromatic carbocycles. The molecule has 24 heavy (non-hydrogen) atoms. The molecule has 1 amide bonds. The molecule has 1 aliphatic heterocycles. The summed E-state index contributed by atoms with van der Waals surface area (Å²) >= 11 is 0. The Balaban J connectivity index is 2.09. The Morgan fingerprint density at radius 3 is 2.58 bits per heavy atom. The third kappa shape index (κ3) is 5.68. The molecule has 8 heteroatoms. The van der Waals surface area contributed by atoms with Crippen molar-refractivity contribution in [3.8, 4) is 5.75 Å². The van der Waals surface area contributed by atoms with Gasteiger partial charge in [0, 0.05) is 39.0 Å². The van der Waals surface area contributed by atoms with Crippen LogP contribution < -0.4 is 10.1 Å². The Hall–Kier alpha value is -1.80. The first-order valence-electron chi connectivity index (χ1n) is 7.73. The third-order valence-electron chi connectivity index (χ3n) is 4.02. The highest BCUT2D eigenvalue weighted by atomic mass is 19.4. The lowest BCUT2D eigenvalue weighted by Gasteiger charge is -2.23. The number of benzene rings is 1. The standard InChI is InChI=1S/C16H21F3N2O3/c1-20-15(23)8-12(9-21-7-6-13(22)10-21)11-2-4-14(5-3-11)24-16(17,18)19/h2-5,12-13,22H,6-10H2,1H3,(H,20,23)/t12-,13+/m1/s1. The number of nitrogens with zero attached hydrogens (tertiary/aromatic N) is 1. The number of β-amino-alcohol motifs (C(OH)–C–C–N with tert-alkyl or cyclic N) is 1. The van der Waals surface area contributed by atoms with Crippen LogP contribution in [0.4, 0.5) is 13.2 Å². The summed E-state index contributed by atoms with van der Waals surface area (Å²) in [5.41, 5.74) is 0.759. The molecule has 2 atom stereocenters. The van der Waals surface area contributed by atoms with Crippen LogP contribution in [0.25, 0.3) is 0 Å². The average Bonchev–Trinajstić information content (AvgIpc) is 2.91. The Morgan fingerprint density at radius 2 is 2.08 bits per heavy atom. The van der Waals surface area contributed by atoms with Gasteiger partial charge in [0.2, 0.25) is 5.91 Å². The topological polar surface area (TPSA) is 61.8 Å². The van der Waals surface area contributed by atoms with Gasteiger partial charge >= 0.3 is 6.36 Å². The van der Waals surface area contributed by atoms with Crippen molar-refractivity contribution in [1.82, 2.24) is 10.2 Å². The number of ether oxygens (including phenoxy) is 1. The van der Waals surface area contributed by atoms with Gasteiger partial charge in [0.15, 0.2) is 0 Å². The smallest absolute Gasteiger partial charge is 0.406 e. The molecule has 0 aromatic heterocycles. The van der Waals surface area contributed by atoms with E-state index in [9.17, 15) is 23.1 Å². The largest absolute Gasteiger partial charge is 0.573 e. The van der Waals surface area contributed by atoms with Crippen molar-refractivity contribution in [3.63, 3.8) is 0 Å². The number of carbonyl (C=O) groups is 1. The minimum atomic E-state index is -4.73. The summed E-state index contributed by atoms with van der Waals surface area (Å²) in [5, 5.41) is 12.2. The van der Waals surface area contributed by atoms with Crippen LogP contribution >= 0.6 is 0 Å². The van der Waals surface area contributed by atoms with E-state index < -0.39 is 6.36 Å². The first-order valence-corrected chi connectivity index (χ1v) is 7.73. The average molecular weight is 346 g/mol. The molecule has 0 bridgehead atoms. The van der Waals surface area contributed by atoms with E-state index in [0.717, 1.165) is 12.1 Å². The minimum Gasteiger partial charge on any atom is -0.406 e. The molecule has 0 radical (unpaired) electrons. The van der Waals surface area contributed by atoms with E-state index in [1.807, 2.05) is 0 Å². The van der Waals surface area contributed by atoms with Crippen LogP contribution in [0, 0.1) is 0 Å². The molecule has 2 N–H and O–H groups in total. The van der Waals surface area contributed by atoms with Crippen LogP contribution in [0.3, 0.4) is 0 Å². The van der Waals surface area contributed by atoms with Crippen LogP contribution in [-0.4, -0.2) is 55.1 Å². The molecule has 1 saturated heterocycles. The van der Waals surface area contributed by atoms with E-state index in [0.29, 0.717) is 19.5 Å². The third-order valence-corrected chi connectivity index (χ3v) is 4.02. The zero-order valence-electron chi connectivity index (χ0n) is 13.3. The maximum atomic E-state index is 12.2. The predicted molar refractivity (Wildman–Crippen MR) is 81.6 cm³/mol. The summed E-state index contributed by atoms with van der Waals surface area (Å²) < 4.78 is 40.5. The van der Waals surface area contributed by atoms with Gasteiger partial charge in [-0.15, -0.1) is 13.2 Å². The van der Waals surface area contributed by atoms with Gasteiger partial charge in [-0.3, -0.25) is 4.79 Å². The molecule has 0 aliphatic carbocycles. The van der Waals surface area contributed by atoms with Crippen molar-refractivity contribution in [2.24, 2.45) is 0 Å². The maximum absolute atomic E-state index is 12.2. The molecule has 5 nitrogen and oxygen atoms in total. The molecule has 2 rings (SSSR count). The Kier molecular flexibility index (Phi) is 6.06. The number of rotatable bonds is 6. The summed E-state index contributed by atoms with van der Waals surface area (Å²) in [4.78, 5) is 13.8. The van der Waals surface area contributed by atoms with Crippen LogP contribution in [0.2, 0.25) is 0 Å². The predicted octanol–water partition coefficient (Wildman–Crippen LogP) is 1.87. The van der Waals surface area contributed by atoms with Crippen LogP contribution in [0.1, 0.15) is 24.3 Å². The van der Waals surface area contributed by atoms with Gasteiger partial charge in [-0.2, -0.15) is 0 Å². The lowest BCUT2D eigenvalue weighted by Crippen LogP contribution is -2.30. The van der Waals surface area contributed by atoms with Crippen molar-refractivity contribution in [1.29, 1.82) is 0 Å². The molecule has 1 heterocycles. The number of aliphatic hydroxyl groups excluding tert-OH is 1. The number of nitrogens with one attached hydrogen (secondary N) is 1. The molecule has 134 valence electrons. The fourth-order valence-corrected chi connectivity index (χ4v) is 2.85. The lowest BCUT2D eigenvalue weighted by atomic mass is 9.94. The van der Waals surface area contributed by atoms with Crippen molar-refractivity contribution >= 4 is 5.91 Å². The van der Waals surface area contributed by atoms with Gasteiger partial charge in [0.1, 0.15) is 5.75 Å².